The Morgan fingerprint density at radius 1 is 1.18 bits per heavy atom. The van der Waals surface area contributed by atoms with E-state index in [-0.39, 0.29) is 23.0 Å². The molecule has 0 spiro atoms. The van der Waals surface area contributed by atoms with E-state index in [1.165, 1.54) is 37.9 Å². The molecule has 7 heteroatoms. The normalized spacial score (nSPS) is 12.0. The van der Waals surface area contributed by atoms with Crippen molar-refractivity contribution in [3.63, 3.8) is 0 Å². The van der Waals surface area contributed by atoms with Gasteiger partial charge in [-0.25, -0.2) is 13.2 Å². The number of likely N-dealkylation sites (N-methyl/N-ethyl adjacent to an activating group) is 1. The van der Waals surface area contributed by atoms with Crippen LogP contribution in [-0.4, -0.2) is 48.6 Å². The van der Waals surface area contributed by atoms with Gasteiger partial charge < -0.3 is 10.0 Å². The molecule has 1 amide bonds. The number of benzene rings is 1. The first-order valence-corrected chi connectivity index (χ1v) is 8.49. The van der Waals surface area contributed by atoms with E-state index in [1.54, 1.807) is 19.1 Å². The molecule has 0 aliphatic carbocycles. The van der Waals surface area contributed by atoms with Crippen molar-refractivity contribution < 1.29 is 23.1 Å². The van der Waals surface area contributed by atoms with Gasteiger partial charge in [0.05, 0.1) is 17.1 Å². The van der Waals surface area contributed by atoms with Gasteiger partial charge in [-0.1, -0.05) is 19.1 Å². The molecular formula is C15H21NO5S. The number of sulfone groups is 1. The van der Waals surface area contributed by atoms with Crippen molar-refractivity contribution in [3.05, 3.63) is 29.8 Å². The molecule has 0 fully saturated rings. The Hall–Kier alpha value is -1.89. The number of carbonyl (C=O) groups excluding carboxylic acids is 1. The highest BCUT2D eigenvalue weighted by Crippen LogP contribution is 2.16. The van der Waals surface area contributed by atoms with Gasteiger partial charge in [0, 0.05) is 7.05 Å². The average molecular weight is 327 g/mol. The predicted molar refractivity (Wildman–Crippen MR) is 82.4 cm³/mol. The van der Waals surface area contributed by atoms with E-state index in [9.17, 15) is 18.0 Å². The molecule has 0 heterocycles. The van der Waals surface area contributed by atoms with Crippen LogP contribution < -0.4 is 0 Å². The minimum Gasteiger partial charge on any atom is -0.480 e. The fourth-order valence-electron chi connectivity index (χ4n) is 1.73. The third-order valence-corrected chi connectivity index (χ3v) is 5.50. The molecule has 1 N–H and O–H groups in total. The van der Waals surface area contributed by atoms with Gasteiger partial charge in [0.1, 0.15) is 5.54 Å². The Labute approximate surface area is 130 Å². The van der Waals surface area contributed by atoms with E-state index >= 15 is 0 Å². The third kappa shape index (κ3) is 3.85. The van der Waals surface area contributed by atoms with Crippen LogP contribution in [0.1, 0.15) is 26.3 Å². The summed E-state index contributed by atoms with van der Waals surface area (Å²) in [6.45, 7) is 4.46. The Bertz CT molecular complexity index is 662. The molecule has 0 saturated carbocycles. The second-order valence-electron chi connectivity index (χ2n) is 5.54. The average Bonchev–Trinajstić information content (AvgIpc) is 2.46. The van der Waals surface area contributed by atoms with Crippen LogP contribution in [0.5, 0.6) is 0 Å². The Morgan fingerprint density at radius 3 is 2.09 bits per heavy atom. The van der Waals surface area contributed by atoms with Crippen molar-refractivity contribution in [2.75, 3.05) is 12.8 Å². The number of carboxylic acid groups (broad SMARTS) is 1. The molecule has 0 unspecified atom stereocenters. The topological polar surface area (TPSA) is 91.8 Å². The maximum Gasteiger partial charge on any atom is 0.329 e. The molecule has 6 nitrogen and oxygen atoms in total. The molecule has 122 valence electrons. The molecule has 1 aromatic carbocycles. The van der Waals surface area contributed by atoms with Crippen molar-refractivity contribution in [1.29, 1.82) is 0 Å². The Balaban J connectivity index is 2.88. The summed E-state index contributed by atoms with van der Waals surface area (Å²) in [6, 6.07) is 6.07. The summed E-state index contributed by atoms with van der Waals surface area (Å²) in [5.74, 6) is -1.42. The molecule has 0 atom stereocenters. The lowest BCUT2D eigenvalue weighted by Crippen LogP contribution is -2.51. The second-order valence-corrected chi connectivity index (χ2v) is 7.82. The number of carbonyl (C=O) groups is 2. The molecule has 0 radical (unpaired) electrons. The van der Waals surface area contributed by atoms with Gasteiger partial charge in [-0.05, 0) is 31.5 Å². The summed E-state index contributed by atoms with van der Waals surface area (Å²) < 4.78 is 23.4. The smallest absolute Gasteiger partial charge is 0.329 e. The first kappa shape index (κ1) is 18.2. The molecule has 0 saturated heterocycles. The highest BCUT2D eigenvalue weighted by atomic mass is 32.2. The number of rotatable bonds is 6. The van der Waals surface area contributed by atoms with E-state index in [0.29, 0.717) is 5.56 Å². The quantitative estimate of drug-likeness (QED) is 0.851. The van der Waals surface area contributed by atoms with Gasteiger partial charge in [-0.15, -0.1) is 0 Å². The molecule has 0 aliphatic rings. The van der Waals surface area contributed by atoms with Crippen LogP contribution >= 0.6 is 0 Å². The SMILES string of the molecule is CCS(=O)(=O)c1ccc(CC(=O)N(C)C(C)(C)C(=O)O)cc1. The fourth-order valence-corrected chi connectivity index (χ4v) is 2.61. The predicted octanol–water partition coefficient (Wildman–Crippen LogP) is 1.34. The van der Waals surface area contributed by atoms with Crippen molar-refractivity contribution in [3.8, 4) is 0 Å². The summed E-state index contributed by atoms with van der Waals surface area (Å²) >= 11 is 0. The van der Waals surface area contributed by atoms with E-state index in [1.807, 2.05) is 0 Å². The first-order chi connectivity index (χ1) is 10.0. The van der Waals surface area contributed by atoms with E-state index in [4.69, 9.17) is 5.11 Å². The second kappa shape index (κ2) is 6.48. The van der Waals surface area contributed by atoms with Gasteiger partial charge in [-0.3, -0.25) is 4.79 Å². The van der Waals surface area contributed by atoms with Crippen molar-refractivity contribution in [2.24, 2.45) is 0 Å². The van der Waals surface area contributed by atoms with E-state index in [2.05, 4.69) is 0 Å². The monoisotopic (exact) mass is 327 g/mol. The van der Waals surface area contributed by atoms with Gasteiger partial charge in [0.2, 0.25) is 5.91 Å². The van der Waals surface area contributed by atoms with Crippen molar-refractivity contribution in [1.82, 2.24) is 4.90 Å². The standard InChI is InChI=1S/C15H21NO5S/c1-5-22(20,21)12-8-6-11(7-9-12)10-13(17)16(4)15(2,3)14(18)19/h6-9H,5,10H2,1-4H3,(H,18,19). The summed E-state index contributed by atoms with van der Waals surface area (Å²) in [6.07, 6.45) is 0.0136. The molecule has 22 heavy (non-hydrogen) atoms. The maximum absolute atomic E-state index is 12.1. The minimum absolute atomic E-state index is 0.0136. The fraction of sp³-hybridized carbons (Fsp3) is 0.467. The van der Waals surface area contributed by atoms with Crippen LogP contribution in [-0.2, 0) is 25.8 Å². The summed E-state index contributed by atoms with van der Waals surface area (Å²) in [5, 5.41) is 9.12. The molecule has 1 aromatic rings. The highest BCUT2D eigenvalue weighted by molar-refractivity contribution is 7.91. The van der Waals surface area contributed by atoms with Gasteiger partial charge in [0.15, 0.2) is 9.84 Å². The first-order valence-electron chi connectivity index (χ1n) is 6.84. The van der Waals surface area contributed by atoms with Gasteiger partial charge in [0.25, 0.3) is 0 Å². The lowest BCUT2D eigenvalue weighted by Gasteiger charge is -2.31. The largest absolute Gasteiger partial charge is 0.480 e. The van der Waals surface area contributed by atoms with E-state index in [0.717, 1.165) is 0 Å². The zero-order valence-corrected chi connectivity index (χ0v) is 14.0. The summed E-state index contributed by atoms with van der Waals surface area (Å²) in [7, 11) is -1.83. The van der Waals surface area contributed by atoms with Crippen LogP contribution in [0.2, 0.25) is 0 Å². The molecule has 0 bridgehead atoms. The number of aliphatic carboxylic acids is 1. The van der Waals surface area contributed by atoms with E-state index < -0.39 is 21.3 Å². The maximum atomic E-state index is 12.1. The number of amides is 1. The number of carboxylic acids is 1. The lowest BCUT2D eigenvalue weighted by atomic mass is 10.0. The van der Waals surface area contributed by atoms with Crippen LogP contribution in [0.25, 0.3) is 0 Å². The summed E-state index contributed by atoms with van der Waals surface area (Å²) in [4.78, 5) is 24.7. The molecular weight excluding hydrogens is 306 g/mol. The highest BCUT2D eigenvalue weighted by Gasteiger charge is 2.34. The van der Waals surface area contributed by atoms with Crippen molar-refractivity contribution in [2.45, 2.75) is 37.6 Å². The van der Waals surface area contributed by atoms with Crippen LogP contribution in [0.15, 0.2) is 29.2 Å². The molecule has 1 rings (SSSR count). The van der Waals surface area contributed by atoms with Crippen molar-refractivity contribution >= 4 is 21.7 Å². The number of hydrogen-bond donors (Lipinski definition) is 1. The zero-order chi connectivity index (χ0) is 17.1. The zero-order valence-electron chi connectivity index (χ0n) is 13.2. The molecule has 0 aromatic heterocycles. The Kier molecular flexibility index (Phi) is 5.35. The Morgan fingerprint density at radius 2 is 1.68 bits per heavy atom. The van der Waals surface area contributed by atoms with Crippen LogP contribution in [0.4, 0.5) is 0 Å². The van der Waals surface area contributed by atoms with Crippen LogP contribution in [0.3, 0.4) is 0 Å². The third-order valence-electron chi connectivity index (χ3n) is 3.75. The summed E-state index contributed by atoms with van der Waals surface area (Å²) in [5.41, 5.74) is -0.671. The lowest BCUT2D eigenvalue weighted by molar-refractivity contribution is -0.155. The van der Waals surface area contributed by atoms with Crippen LogP contribution in [0, 0.1) is 0 Å². The minimum atomic E-state index is -3.27. The van der Waals surface area contributed by atoms with Gasteiger partial charge >= 0.3 is 5.97 Å². The number of hydrogen-bond acceptors (Lipinski definition) is 4. The number of nitrogens with zero attached hydrogens (tertiary/aromatic N) is 1. The molecule has 0 aliphatic heterocycles. The van der Waals surface area contributed by atoms with Gasteiger partial charge in [-0.2, -0.15) is 0 Å².